The predicted molar refractivity (Wildman–Crippen MR) is 107 cm³/mol. The van der Waals surface area contributed by atoms with Crippen molar-refractivity contribution in [1.29, 1.82) is 0 Å². The van der Waals surface area contributed by atoms with Gasteiger partial charge in [-0.25, -0.2) is 4.79 Å². The number of tetrazole rings is 1. The van der Waals surface area contributed by atoms with Gasteiger partial charge in [-0.2, -0.15) is 9.67 Å². The first-order valence-electron chi connectivity index (χ1n) is 9.08. The van der Waals surface area contributed by atoms with E-state index in [9.17, 15) is 9.90 Å². The van der Waals surface area contributed by atoms with Crippen molar-refractivity contribution in [2.75, 3.05) is 0 Å². The molecule has 1 amide bonds. The molecule has 0 aliphatic heterocycles. The van der Waals surface area contributed by atoms with Crippen molar-refractivity contribution >= 4 is 17.9 Å². The zero-order chi connectivity index (χ0) is 21.9. The number of phenolic OH excluding ortho intramolecular Hbond substituents is 1. The third-order valence-electron chi connectivity index (χ3n) is 3.70. The quantitative estimate of drug-likeness (QED) is 0.557. The van der Waals surface area contributed by atoms with Gasteiger partial charge in [0.2, 0.25) is 11.0 Å². The zero-order valence-electron chi connectivity index (χ0n) is 17.3. The molecule has 0 aliphatic carbocycles. The van der Waals surface area contributed by atoms with Crippen LogP contribution in [0.1, 0.15) is 46.3 Å². The maximum Gasteiger partial charge on any atom is 0.408 e. The number of ether oxygens (including phenoxy) is 1. The summed E-state index contributed by atoms with van der Waals surface area (Å²) < 4.78 is 12.1. The molecule has 12 heteroatoms. The van der Waals surface area contributed by atoms with Gasteiger partial charge in [-0.15, -0.1) is 5.10 Å². The minimum absolute atomic E-state index is 0.155. The standard InChI is InChI=1S/C18H23N7O4S/c1-17(2,3)28-16(27)20-18(4,5)14-19-13(29-22-14)10-30-15-21-23-24-25(15)11-6-8-12(26)9-7-11/h6-9,26H,10H2,1-5H3,(H,20,27). The monoisotopic (exact) mass is 433 g/mol. The van der Waals surface area contributed by atoms with Crippen LogP contribution in [-0.4, -0.2) is 47.1 Å². The average Bonchev–Trinajstić information content (AvgIpc) is 3.28. The van der Waals surface area contributed by atoms with E-state index in [1.807, 2.05) is 0 Å². The second-order valence-electron chi connectivity index (χ2n) is 7.94. The van der Waals surface area contributed by atoms with Gasteiger partial charge in [-0.05, 0) is 69.3 Å². The van der Waals surface area contributed by atoms with Crippen molar-refractivity contribution in [2.24, 2.45) is 0 Å². The number of thioether (sulfide) groups is 1. The first-order chi connectivity index (χ1) is 14.0. The lowest BCUT2D eigenvalue weighted by atomic mass is 10.1. The van der Waals surface area contributed by atoms with Crippen molar-refractivity contribution in [2.45, 2.75) is 56.7 Å². The fraction of sp³-hybridized carbons (Fsp3) is 0.444. The van der Waals surface area contributed by atoms with E-state index in [1.165, 1.54) is 16.4 Å². The van der Waals surface area contributed by atoms with Crippen molar-refractivity contribution in [3.63, 3.8) is 0 Å². The number of alkyl carbamates (subject to hydrolysis) is 1. The van der Waals surface area contributed by atoms with E-state index in [2.05, 4.69) is 31.0 Å². The van der Waals surface area contributed by atoms with Gasteiger partial charge in [0.25, 0.3) is 0 Å². The fourth-order valence-electron chi connectivity index (χ4n) is 2.33. The van der Waals surface area contributed by atoms with Gasteiger partial charge in [-0.1, -0.05) is 16.9 Å². The van der Waals surface area contributed by atoms with Crippen LogP contribution in [0, 0.1) is 0 Å². The molecule has 30 heavy (non-hydrogen) atoms. The maximum absolute atomic E-state index is 12.1. The number of carbonyl (C=O) groups is 1. The maximum atomic E-state index is 12.1. The number of nitrogens with zero attached hydrogens (tertiary/aromatic N) is 6. The lowest BCUT2D eigenvalue weighted by molar-refractivity contribution is 0.0465. The van der Waals surface area contributed by atoms with E-state index in [-0.39, 0.29) is 5.75 Å². The van der Waals surface area contributed by atoms with Crippen LogP contribution in [0.2, 0.25) is 0 Å². The van der Waals surface area contributed by atoms with Gasteiger partial charge in [0, 0.05) is 0 Å². The Morgan fingerprint density at radius 2 is 1.93 bits per heavy atom. The molecular formula is C18H23N7O4S. The molecule has 0 aliphatic rings. The average molecular weight is 433 g/mol. The molecule has 11 nitrogen and oxygen atoms in total. The largest absolute Gasteiger partial charge is 0.508 e. The van der Waals surface area contributed by atoms with Crippen molar-refractivity contribution in [3.05, 3.63) is 36.0 Å². The molecular weight excluding hydrogens is 410 g/mol. The second-order valence-corrected chi connectivity index (χ2v) is 8.88. The Morgan fingerprint density at radius 1 is 1.23 bits per heavy atom. The topological polar surface area (TPSA) is 141 Å². The third-order valence-corrected chi connectivity index (χ3v) is 4.60. The molecule has 2 aromatic heterocycles. The van der Waals surface area contributed by atoms with E-state index in [1.54, 1.807) is 58.9 Å². The number of benzene rings is 1. The van der Waals surface area contributed by atoms with E-state index in [4.69, 9.17) is 9.26 Å². The minimum Gasteiger partial charge on any atom is -0.508 e. The highest BCUT2D eigenvalue weighted by atomic mass is 32.2. The van der Waals surface area contributed by atoms with Crippen LogP contribution in [0.3, 0.4) is 0 Å². The predicted octanol–water partition coefficient (Wildman–Crippen LogP) is 2.80. The van der Waals surface area contributed by atoms with Gasteiger partial charge < -0.3 is 19.7 Å². The first-order valence-corrected chi connectivity index (χ1v) is 10.1. The number of rotatable bonds is 6. The highest BCUT2D eigenvalue weighted by Gasteiger charge is 2.31. The van der Waals surface area contributed by atoms with Crippen molar-refractivity contribution in [3.8, 4) is 11.4 Å². The van der Waals surface area contributed by atoms with Crippen LogP contribution in [0.4, 0.5) is 4.79 Å². The van der Waals surface area contributed by atoms with E-state index >= 15 is 0 Å². The van der Waals surface area contributed by atoms with Gasteiger partial charge in [0.1, 0.15) is 16.9 Å². The first kappa shape index (κ1) is 21.6. The summed E-state index contributed by atoms with van der Waals surface area (Å²) in [6.07, 6.45) is -0.568. The second kappa shape index (κ2) is 8.30. The van der Waals surface area contributed by atoms with Crippen LogP contribution in [0.25, 0.3) is 5.69 Å². The molecule has 160 valence electrons. The van der Waals surface area contributed by atoms with Crippen LogP contribution in [0.5, 0.6) is 5.75 Å². The van der Waals surface area contributed by atoms with Gasteiger partial charge in [0.05, 0.1) is 11.4 Å². The van der Waals surface area contributed by atoms with Crippen LogP contribution in [-0.2, 0) is 16.0 Å². The number of aromatic nitrogens is 6. The molecule has 0 spiro atoms. The number of hydrogen-bond donors (Lipinski definition) is 2. The molecule has 0 saturated heterocycles. The van der Waals surface area contributed by atoms with Crippen molar-refractivity contribution < 1.29 is 19.2 Å². The lowest BCUT2D eigenvalue weighted by Gasteiger charge is -2.26. The fourth-order valence-corrected chi connectivity index (χ4v) is 3.06. The number of amides is 1. The summed E-state index contributed by atoms with van der Waals surface area (Å²) in [5, 5.41) is 28.3. The Balaban J connectivity index is 1.65. The third kappa shape index (κ3) is 5.47. The lowest BCUT2D eigenvalue weighted by Crippen LogP contribution is -2.44. The van der Waals surface area contributed by atoms with E-state index in [0.29, 0.717) is 28.3 Å². The van der Waals surface area contributed by atoms with Gasteiger partial charge in [-0.3, -0.25) is 0 Å². The summed E-state index contributed by atoms with van der Waals surface area (Å²) in [6.45, 7) is 8.87. The van der Waals surface area contributed by atoms with Crippen LogP contribution in [0.15, 0.2) is 33.9 Å². The Morgan fingerprint density at radius 3 is 2.60 bits per heavy atom. The molecule has 2 N–H and O–H groups in total. The molecule has 0 saturated carbocycles. The molecule has 0 atom stereocenters. The number of carbonyl (C=O) groups excluding carboxylic acids is 1. The highest BCUT2D eigenvalue weighted by molar-refractivity contribution is 7.98. The minimum atomic E-state index is -0.887. The Labute approximate surface area is 177 Å². The summed E-state index contributed by atoms with van der Waals surface area (Å²) in [6, 6.07) is 6.50. The summed E-state index contributed by atoms with van der Waals surface area (Å²) in [5.41, 5.74) is -0.794. The van der Waals surface area contributed by atoms with Crippen LogP contribution >= 0.6 is 11.8 Å². The summed E-state index contributed by atoms with van der Waals surface area (Å²) in [4.78, 5) is 16.4. The Bertz CT molecular complexity index is 1010. The van der Waals surface area contributed by atoms with E-state index in [0.717, 1.165) is 0 Å². The summed E-state index contributed by atoms with van der Waals surface area (Å²) in [5.74, 6) is 1.16. The zero-order valence-corrected chi connectivity index (χ0v) is 18.1. The molecule has 1 aromatic carbocycles. The molecule has 3 aromatic rings. The molecule has 0 unspecified atom stereocenters. The van der Waals surface area contributed by atoms with E-state index < -0.39 is 17.2 Å². The summed E-state index contributed by atoms with van der Waals surface area (Å²) in [7, 11) is 0. The van der Waals surface area contributed by atoms with Crippen molar-refractivity contribution in [1.82, 2.24) is 35.7 Å². The van der Waals surface area contributed by atoms with Gasteiger partial charge in [0.15, 0.2) is 5.82 Å². The van der Waals surface area contributed by atoms with Gasteiger partial charge >= 0.3 is 6.09 Å². The molecule has 0 radical (unpaired) electrons. The Kier molecular flexibility index (Phi) is 5.97. The normalized spacial score (nSPS) is 12.0. The highest BCUT2D eigenvalue weighted by Crippen LogP contribution is 2.24. The molecule has 0 bridgehead atoms. The SMILES string of the molecule is CC(C)(C)OC(=O)NC(C)(C)c1noc(CSc2nnnn2-c2ccc(O)cc2)n1. The number of hydrogen-bond acceptors (Lipinski definition) is 10. The molecule has 2 heterocycles. The molecule has 3 rings (SSSR count). The summed E-state index contributed by atoms with van der Waals surface area (Å²) >= 11 is 1.31. The smallest absolute Gasteiger partial charge is 0.408 e. The number of aromatic hydroxyl groups is 1. The number of nitrogens with one attached hydrogen (secondary N) is 1. The Hall–Kier alpha value is -3.15. The number of phenols is 1. The van der Waals surface area contributed by atoms with Crippen LogP contribution < -0.4 is 5.32 Å². The molecule has 0 fully saturated rings.